The van der Waals surface area contributed by atoms with Crippen molar-refractivity contribution in [2.75, 3.05) is 0 Å². The Hall–Kier alpha value is -1.71. The van der Waals surface area contributed by atoms with Crippen LogP contribution in [0.4, 0.5) is 8.78 Å². The lowest BCUT2D eigenvalue weighted by atomic mass is 10.1. The lowest BCUT2D eigenvalue weighted by molar-refractivity contribution is 0.589. The van der Waals surface area contributed by atoms with E-state index < -0.39 is 11.6 Å². The highest BCUT2D eigenvalue weighted by Crippen LogP contribution is 2.39. The van der Waals surface area contributed by atoms with E-state index in [4.69, 9.17) is 0 Å². The minimum Gasteiger partial charge on any atom is -0.342 e. The summed E-state index contributed by atoms with van der Waals surface area (Å²) in [4.78, 5) is 7.13. The number of nitrogens with one attached hydrogen (secondary N) is 1. The smallest absolute Gasteiger partial charge is 0.135 e. The molecular formula is C12H10F2N2. The van der Waals surface area contributed by atoms with Crippen LogP contribution in [0.25, 0.3) is 11.3 Å². The van der Waals surface area contributed by atoms with Gasteiger partial charge in [-0.1, -0.05) is 6.07 Å². The molecule has 1 aliphatic carbocycles. The molecule has 2 aromatic rings. The molecule has 0 amide bonds. The van der Waals surface area contributed by atoms with Gasteiger partial charge in [-0.3, -0.25) is 0 Å². The first-order valence-corrected chi connectivity index (χ1v) is 5.25. The van der Waals surface area contributed by atoms with Crippen molar-refractivity contribution in [1.82, 2.24) is 9.97 Å². The first kappa shape index (κ1) is 9.51. The predicted molar refractivity (Wildman–Crippen MR) is 55.9 cm³/mol. The summed E-state index contributed by atoms with van der Waals surface area (Å²) in [7, 11) is 0. The zero-order valence-electron chi connectivity index (χ0n) is 8.50. The predicted octanol–water partition coefficient (Wildman–Crippen LogP) is 3.23. The summed E-state index contributed by atoms with van der Waals surface area (Å²) in [5, 5.41) is 0. The van der Waals surface area contributed by atoms with Gasteiger partial charge in [-0.25, -0.2) is 13.8 Å². The molecule has 0 aliphatic heterocycles. The average molecular weight is 220 g/mol. The highest BCUT2D eigenvalue weighted by molar-refractivity contribution is 5.60. The van der Waals surface area contributed by atoms with Gasteiger partial charge in [0.25, 0.3) is 0 Å². The van der Waals surface area contributed by atoms with Crippen molar-refractivity contribution >= 4 is 0 Å². The molecule has 0 spiro atoms. The summed E-state index contributed by atoms with van der Waals surface area (Å²) >= 11 is 0. The number of nitrogens with zero attached hydrogens (tertiary/aromatic N) is 1. The molecule has 1 fully saturated rings. The van der Waals surface area contributed by atoms with Crippen molar-refractivity contribution in [2.45, 2.75) is 18.8 Å². The molecule has 1 saturated carbocycles. The van der Waals surface area contributed by atoms with Gasteiger partial charge in [0.2, 0.25) is 0 Å². The van der Waals surface area contributed by atoms with Crippen LogP contribution < -0.4 is 0 Å². The molecule has 0 unspecified atom stereocenters. The number of rotatable bonds is 2. The molecular weight excluding hydrogens is 210 g/mol. The molecule has 4 heteroatoms. The highest BCUT2D eigenvalue weighted by Gasteiger charge is 2.27. The molecule has 82 valence electrons. The fourth-order valence-electron chi connectivity index (χ4n) is 1.78. The van der Waals surface area contributed by atoms with E-state index in [1.54, 1.807) is 0 Å². The minimum atomic E-state index is -0.564. The van der Waals surface area contributed by atoms with Gasteiger partial charge in [0.15, 0.2) is 0 Å². The number of aromatic nitrogens is 2. The van der Waals surface area contributed by atoms with Crippen LogP contribution >= 0.6 is 0 Å². The molecule has 0 bridgehead atoms. The number of hydrogen-bond acceptors (Lipinski definition) is 1. The van der Waals surface area contributed by atoms with Crippen molar-refractivity contribution in [3.05, 3.63) is 41.9 Å². The van der Waals surface area contributed by atoms with Gasteiger partial charge in [0.1, 0.15) is 17.5 Å². The third-order valence-corrected chi connectivity index (χ3v) is 2.79. The molecule has 2 nitrogen and oxygen atoms in total. The van der Waals surface area contributed by atoms with E-state index in [0.29, 0.717) is 11.6 Å². The van der Waals surface area contributed by atoms with Crippen LogP contribution in [-0.4, -0.2) is 9.97 Å². The Balaban J connectivity index is 2.06. The van der Waals surface area contributed by atoms with Crippen molar-refractivity contribution in [3.63, 3.8) is 0 Å². The van der Waals surface area contributed by atoms with E-state index in [1.165, 1.54) is 24.4 Å². The zero-order valence-corrected chi connectivity index (χ0v) is 8.50. The van der Waals surface area contributed by atoms with Gasteiger partial charge in [-0.05, 0) is 25.0 Å². The number of benzene rings is 1. The average Bonchev–Trinajstić information content (AvgIpc) is 2.99. The molecule has 1 aliphatic rings. The molecule has 16 heavy (non-hydrogen) atoms. The lowest BCUT2D eigenvalue weighted by Crippen LogP contribution is -1.90. The second-order valence-corrected chi connectivity index (χ2v) is 4.05. The summed E-state index contributed by atoms with van der Waals surface area (Å²) in [6, 6.07) is 3.85. The Morgan fingerprint density at radius 1 is 1.19 bits per heavy atom. The zero-order chi connectivity index (χ0) is 11.1. The Labute approximate surface area is 91.3 Å². The van der Waals surface area contributed by atoms with Crippen LogP contribution in [0.5, 0.6) is 0 Å². The summed E-state index contributed by atoms with van der Waals surface area (Å²) in [5.41, 5.74) is 0.388. The third-order valence-electron chi connectivity index (χ3n) is 2.79. The Kier molecular flexibility index (Phi) is 2.02. The first-order valence-electron chi connectivity index (χ1n) is 5.25. The molecule has 0 atom stereocenters. The van der Waals surface area contributed by atoms with Crippen LogP contribution in [0.15, 0.2) is 24.4 Å². The van der Waals surface area contributed by atoms with Crippen molar-refractivity contribution in [2.24, 2.45) is 0 Å². The van der Waals surface area contributed by atoms with Crippen molar-refractivity contribution < 1.29 is 8.78 Å². The number of hydrogen-bond donors (Lipinski definition) is 1. The third kappa shape index (κ3) is 1.50. The largest absolute Gasteiger partial charge is 0.342 e. The van der Waals surface area contributed by atoms with E-state index in [-0.39, 0.29) is 5.56 Å². The summed E-state index contributed by atoms with van der Waals surface area (Å²) in [6.07, 6.45) is 3.70. The normalized spacial score (nSPS) is 15.4. The lowest BCUT2D eigenvalue weighted by Gasteiger charge is -2.01. The van der Waals surface area contributed by atoms with Gasteiger partial charge < -0.3 is 4.98 Å². The van der Waals surface area contributed by atoms with Gasteiger partial charge in [-0.15, -0.1) is 0 Å². The second kappa shape index (κ2) is 3.40. The molecule has 1 aromatic heterocycles. The van der Waals surface area contributed by atoms with Crippen molar-refractivity contribution in [3.8, 4) is 11.3 Å². The molecule has 3 rings (SSSR count). The maximum atomic E-state index is 13.5. The highest BCUT2D eigenvalue weighted by atomic mass is 19.1. The van der Waals surface area contributed by atoms with E-state index in [9.17, 15) is 8.78 Å². The van der Waals surface area contributed by atoms with Gasteiger partial charge in [0.05, 0.1) is 17.5 Å². The first-order chi connectivity index (χ1) is 7.75. The van der Waals surface area contributed by atoms with Gasteiger partial charge in [0, 0.05) is 5.92 Å². The molecule has 1 N–H and O–H groups in total. The Morgan fingerprint density at radius 2 is 1.88 bits per heavy atom. The molecule has 0 radical (unpaired) electrons. The number of halogens is 2. The van der Waals surface area contributed by atoms with Gasteiger partial charge >= 0.3 is 0 Å². The quantitative estimate of drug-likeness (QED) is 0.826. The molecule has 0 saturated heterocycles. The molecule has 1 aromatic carbocycles. The number of aromatic amines is 1. The molecule has 1 heterocycles. The Bertz CT molecular complexity index is 509. The van der Waals surface area contributed by atoms with Crippen LogP contribution in [0.3, 0.4) is 0 Å². The second-order valence-electron chi connectivity index (χ2n) is 4.05. The van der Waals surface area contributed by atoms with E-state index in [2.05, 4.69) is 9.97 Å². The Morgan fingerprint density at radius 3 is 2.50 bits per heavy atom. The number of H-pyrrole nitrogens is 1. The summed E-state index contributed by atoms with van der Waals surface area (Å²) < 4.78 is 26.9. The van der Waals surface area contributed by atoms with Crippen LogP contribution in [-0.2, 0) is 0 Å². The van der Waals surface area contributed by atoms with Crippen LogP contribution in [0.2, 0.25) is 0 Å². The van der Waals surface area contributed by atoms with Gasteiger partial charge in [-0.2, -0.15) is 0 Å². The van der Waals surface area contributed by atoms with E-state index >= 15 is 0 Å². The SMILES string of the molecule is Fc1cccc(F)c1-c1cnc(C2CC2)[nH]1. The standard InChI is InChI=1S/C12H10F2N2/c13-8-2-1-3-9(14)11(8)10-6-15-12(16-10)7-4-5-7/h1-3,6-7H,4-5H2,(H,15,16). The fourth-order valence-corrected chi connectivity index (χ4v) is 1.78. The van der Waals surface area contributed by atoms with E-state index in [1.807, 2.05) is 0 Å². The maximum Gasteiger partial charge on any atom is 0.135 e. The van der Waals surface area contributed by atoms with E-state index in [0.717, 1.165) is 18.7 Å². The topological polar surface area (TPSA) is 28.7 Å². The van der Waals surface area contributed by atoms with Crippen LogP contribution in [0.1, 0.15) is 24.6 Å². The van der Waals surface area contributed by atoms with Crippen LogP contribution in [0, 0.1) is 11.6 Å². The maximum absolute atomic E-state index is 13.5. The van der Waals surface area contributed by atoms with Crippen molar-refractivity contribution in [1.29, 1.82) is 0 Å². The fraction of sp³-hybridized carbons (Fsp3) is 0.250. The monoisotopic (exact) mass is 220 g/mol. The minimum absolute atomic E-state index is 0.0260. The summed E-state index contributed by atoms with van der Waals surface area (Å²) in [6.45, 7) is 0. The number of imidazole rings is 1. The summed E-state index contributed by atoms with van der Waals surface area (Å²) in [5.74, 6) is 0.151.